The van der Waals surface area contributed by atoms with E-state index in [1.807, 2.05) is 13.8 Å². The number of thiazole rings is 1. The van der Waals surface area contributed by atoms with E-state index in [-0.39, 0.29) is 5.91 Å². The lowest BCUT2D eigenvalue weighted by atomic mass is 10.2. The minimum absolute atomic E-state index is 0.154. The van der Waals surface area contributed by atoms with Crippen LogP contribution in [0.1, 0.15) is 42.8 Å². The molecule has 5 nitrogen and oxygen atoms in total. The Kier molecular flexibility index (Phi) is 6.88. The van der Waals surface area contributed by atoms with E-state index < -0.39 is 0 Å². The third-order valence-electron chi connectivity index (χ3n) is 2.92. The second-order valence-electron chi connectivity index (χ2n) is 4.30. The summed E-state index contributed by atoms with van der Waals surface area (Å²) in [5, 5.41) is 3.65. The zero-order valence-corrected chi connectivity index (χ0v) is 12.9. The van der Waals surface area contributed by atoms with Crippen molar-refractivity contribution in [3.63, 3.8) is 0 Å². The van der Waals surface area contributed by atoms with Crippen LogP contribution < -0.4 is 16.0 Å². The lowest BCUT2D eigenvalue weighted by Gasteiger charge is -2.16. The van der Waals surface area contributed by atoms with E-state index in [0.717, 1.165) is 37.5 Å². The van der Waals surface area contributed by atoms with Gasteiger partial charge in [0.25, 0.3) is 5.91 Å². The molecule has 1 aromatic rings. The number of rotatable bonds is 8. The van der Waals surface area contributed by atoms with Crippen molar-refractivity contribution in [2.24, 2.45) is 0 Å². The molecule has 0 fully saturated rings. The van der Waals surface area contributed by atoms with Gasteiger partial charge in [-0.15, -0.1) is 12.3 Å². The molecule has 1 amide bonds. The van der Waals surface area contributed by atoms with E-state index in [1.165, 1.54) is 11.3 Å². The Bertz CT molecular complexity index is 474. The molecule has 0 spiro atoms. The van der Waals surface area contributed by atoms with Crippen LogP contribution in [0.5, 0.6) is 0 Å². The maximum atomic E-state index is 12.0. The summed E-state index contributed by atoms with van der Waals surface area (Å²) in [5.74, 6) is 2.73. The van der Waals surface area contributed by atoms with Crippen LogP contribution >= 0.6 is 11.3 Å². The average molecular weight is 294 g/mol. The molecular weight excluding hydrogens is 272 g/mol. The normalized spacial score (nSPS) is 10.1. The van der Waals surface area contributed by atoms with Gasteiger partial charge in [-0.05, 0) is 26.7 Å². The molecule has 110 valence electrons. The Morgan fingerprint density at radius 2 is 2.15 bits per heavy atom. The number of nitrogens with two attached hydrogens (primary N) is 1. The van der Waals surface area contributed by atoms with Crippen LogP contribution in [0.25, 0.3) is 0 Å². The average Bonchev–Trinajstić information content (AvgIpc) is 2.82. The van der Waals surface area contributed by atoms with Gasteiger partial charge in [0.05, 0.1) is 0 Å². The predicted octanol–water partition coefficient (Wildman–Crippen LogP) is 2.10. The van der Waals surface area contributed by atoms with Gasteiger partial charge >= 0.3 is 0 Å². The zero-order chi connectivity index (χ0) is 15.0. The van der Waals surface area contributed by atoms with Gasteiger partial charge in [-0.3, -0.25) is 4.79 Å². The van der Waals surface area contributed by atoms with Crippen molar-refractivity contribution < 1.29 is 4.79 Å². The molecular formula is C14H22N4OS. The zero-order valence-electron chi connectivity index (χ0n) is 12.1. The first kappa shape index (κ1) is 16.3. The molecule has 0 radical (unpaired) electrons. The van der Waals surface area contributed by atoms with Gasteiger partial charge in [-0.1, -0.05) is 11.3 Å². The van der Waals surface area contributed by atoms with Crippen molar-refractivity contribution in [2.75, 3.05) is 30.3 Å². The molecule has 0 saturated carbocycles. The van der Waals surface area contributed by atoms with Gasteiger partial charge in [0.1, 0.15) is 10.7 Å². The molecule has 0 aromatic carbocycles. The molecule has 0 atom stereocenters. The number of terminal acetylenes is 1. The highest BCUT2D eigenvalue weighted by atomic mass is 32.1. The van der Waals surface area contributed by atoms with Gasteiger partial charge < -0.3 is 16.0 Å². The topological polar surface area (TPSA) is 71.2 Å². The number of nitrogen functional groups attached to an aromatic ring is 1. The highest BCUT2D eigenvalue weighted by Gasteiger charge is 2.17. The number of nitrogens with one attached hydrogen (secondary N) is 1. The standard InChI is InChI=1S/C14H22N4OS/c1-4-7-8-9-10-16-13(19)11-12(15)17-14(20-11)18(5-2)6-3/h1H,5-10,15H2,2-3H3,(H,16,19). The molecule has 0 aliphatic carbocycles. The van der Waals surface area contributed by atoms with E-state index in [1.54, 1.807) is 0 Å². The Hall–Kier alpha value is -1.74. The third kappa shape index (κ3) is 4.42. The molecule has 20 heavy (non-hydrogen) atoms. The van der Waals surface area contributed by atoms with E-state index in [2.05, 4.69) is 21.1 Å². The van der Waals surface area contributed by atoms with E-state index >= 15 is 0 Å². The molecule has 0 bridgehead atoms. The second kappa shape index (κ2) is 8.43. The van der Waals surface area contributed by atoms with Gasteiger partial charge in [-0.25, -0.2) is 4.98 Å². The van der Waals surface area contributed by atoms with Crippen LogP contribution in [-0.4, -0.2) is 30.5 Å². The maximum absolute atomic E-state index is 12.0. The molecule has 1 aromatic heterocycles. The summed E-state index contributed by atoms with van der Waals surface area (Å²) < 4.78 is 0. The summed E-state index contributed by atoms with van der Waals surface area (Å²) in [5.41, 5.74) is 5.83. The van der Waals surface area contributed by atoms with Crippen molar-refractivity contribution in [1.29, 1.82) is 0 Å². The molecule has 0 saturated heterocycles. The first-order valence-electron chi connectivity index (χ1n) is 6.86. The van der Waals surface area contributed by atoms with Crippen LogP contribution in [0.4, 0.5) is 10.9 Å². The largest absolute Gasteiger partial charge is 0.382 e. The Balaban J connectivity index is 2.58. The van der Waals surface area contributed by atoms with Gasteiger partial charge in [0.15, 0.2) is 5.13 Å². The lowest BCUT2D eigenvalue weighted by molar-refractivity contribution is 0.0958. The number of hydrogen-bond acceptors (Lipinski definition) is 5. The highest BCUT2D eigenvalue weighted by Crippen LogP contribution is 2.27. The van der Waals surface area contributed by atoms with Gasteiger partial charge in [0.2, 0.25) is 0 Å². The van der Waals surface area contributed by atoms with E-state index in [0.29, 0.717) is 17.2 Å². The molecule has 0 aliphatic rings. The summed E-state index contributed by atoms with van der Waals surface area (Å²) in [6.45, 7) is 6.39. The summed E-state index contributed by atoms with van der Waals surface area (Å²) in [7, 11) is 0. The van der Waals surface area contributed by atoms with Gasteiger partial charge in [0, 0.05) is 26.1 Å². The predicted molar refractivity (Wildman–Crippen MR) is 85.1 cm³/mol. The smallest absolute Gasteiger partial charge is 0.265 e. The van der Waals surface area contributed by atoms with Crippen LogP contribution in [0.3, 0.4) is 0 Å². The molecule has 1 rings (SSSR count). The van der Waals surface area contributed by atoms with Crippen molar-refractivity contribution in [3.05, 3.63) is 4.88 Å². The van der Waals surface area contributed by atoms with Crippen LogP contribution in [0, 0.1) is 12.3 Å². The van der Waals surface area contributed by atoms with Crippen molar-refractivity contribution in [1.82, 2.24) is 10.3 Å². The fraction of sp³-hybridized carbons (Fsp3) is 0.571. The summed E-state index contributed by atoms with van der Waals surface area (Å²) in [4.78, 5) is 18.9. The highest BCUT2D eigenvalue weighted by molar-refractivity contribution is 7.18. The molecule has 6 heteroatoms. The van der Waals surface area contributed by atoms with Gasteiger partial charge in [-0.2, -0.15) is 0 Å². The van der Waals surface area contributed by atoms with E-state index in [9.17, 15) is 4.79 Å². The number of amides is 1. The Morgan fingerprint density at radius 3 is 2.75 bits per heavy atom. The number of carbonyl (C=O) groups excluding carboxylic acids is 1. The number of unbranched alkanes of at least 4 members (excludes halogenated alkanes) is 2. The van der Waals surface area contributed by atoms with Crippen LogP contribution in [0.2, 0.25) is 0 Å². The summed E-state index contributed by atoms with van der Waals surface area (Å²) in [6, 6.07) is 0. The molecule has 0 aliphatic heterocycles. The number of anilines is 2. The van der Waals surface area contributed by atoms with Crippen molar-refractivity contribution in [2.45, 2.75) is 33.1 Å². The fourth-order valence-corrected chi connectivity index (χ4v) is 2.78. The number of aromatic nitrogens is 1. The quantitative estimate of drug-likeness (QED) is 0.569. The first-order chi connectivity index (χ1) is 9.63. The minimum atomic E-state index is -0.154. The minimum Gasteiger partial charge on any atom is -0.382 e. The summed E-state index contributed by atoms with van der Waals surface area (Å²) >= 11 is 1.34. The third-order valence-corrected chi connectivity index (χ3v) is 4.05. The number of carbonyl (C=O) groups is 1. The summed E-state index contributed by atoms with van der Waals surface area (Å²) in [6.07, 6.45) is 7.70. The maximum Gasteiger partial charge on any atom is 0.265 e. The SMILES string of the molecule is C#CCCCCNC(=O)c1sc(N(CC)CC)nc1N. The van der Waals surface area contributed by atoms with Crippen LogP contribution in [-0.2, 0) is 0 Å². The number of hydrogen-bond donors (Lipinski definition) is 2. The monoisotopic (exact) mass is 294 g/mol. The Morgan fingerprint density at radius 1 is 1.45 bits per heavy atom. The van der Waals surface area contributed by atoms with Crippen molar-refractivity contribution >= 4 is 28.2 Å². The molecule has 1 heterocycles. The molecule has 3 N–H and O–H groups in total. The molecule has 0 unspecified atom stereocenters. The fourth-order valence-electron chi connectivity index (χ4n) is 1.75. The van der Waals surface area contributed by atoms with E-state index in [4.69, 9.17) is 12.2 Å². The van der Waals surface area contributed by atoms with Crippen molar-refractivity contribution in [3.8, 4) is 12.3 Å². The van der Waals surface area contributed by atoms with Crippen LogP contribution in [0.15, 0.2) is 0 Å². The first-order valence-corrected chi connectivity index (χ1v) is 7.68. The lowest BCUT2D eigenvalue weighted by Crippen LogP contribution is -2.24. The second-order valence-corrected chi connectivity index (χ2v) is 5.28. The number of nitrogens with zero attached hydrogens (tertiary/aromatic N) is 2. The Labute approximate surface area is 124 Å².